The van der Waals surface area contributed by atoms with E-state index in [9.17, 15) is 4.79 Å². The maximum absolute atomic E-state index is 10.9. The van der Waals surface area contributed by atoms with Crippen molar-refractivity contribution in [2.45, 2.75) is 6.92 Å². The van der Waals surface area contributed by atoms with E-state index in [0.29, 0.717) is 0 Å². The lowest BCUT2D eigenvalue weighted by atomic mass is 9.99. The van der Waals surface area contributed by atoms with E-state index in [1.807, 2.05) is 24.3 Å². The highest BCUT2D eigenvalue weighted by Crippen LogP contribution is 2.23. The molecule has 0 bridgehead atoms. The van der Waals surface area contributed by atoms with Crippen LogP contribution in [0.15, 0.2) is 78.9 Å². The van der Waals surface area contributed by atoms with Crippen molar-refractivity contribution >= 4 is 12.0 Å². The van der Waals surface area contributed by atoms with Crippen molar-refractivity contribution in [1.29, 1.82) is 0 Å². The molecule has 2 heteroatoms. The average molecular weight is 338 g/mol. The second kappa shape index (κ2) is 8.00. The van der Waals surface area contributed by atoms with Crippen LogP contribution in [0.3, 0.4) is 0 Å². The summed E-state index contributed by atoms with van der Waals surface area (Å²) in [6, 6.07) is 23.2. The Morgan fingerprint density at radius 2 is 1.62 bits per heavy atom. The number of hydrogen-bond acceptors (Lipinski definition) is 1. The molecule has 0 saturated carbocycles. The predicted molar refractivity (Wildman–Crippen MR) is 106 cm³/mol. The number of rotatable bonds is 3. The first-order valence-corrected chi connectivity index (χ1v) is 8.31. The highest BCUT2D eigenvalue weighted by atomic mass is 16.4. The van der Waals surface area contributed by atoms with Gasteiger partial charge in [0.15, 0.2) is 0 Å². The van der Waals surface area contributed by atoms with Gasteiger partial charge in [-0.3, -0.25) is 0 Å². The molecule has 0 atom stereocenters. The monoisotopic (exact) mass is 338 g/mol. The second-order valence-corrected chi connectivity index (χ2v) is 5.94. The molecule has 2 nitrogen and oxygen atoms in total. The second-order valence-electron chi connectivity index (χ2n) is 5.94. The lowest BCUT2D eigenvalue weighted by molar-refractivity contribution is 0.0697. The van der Waals surface area contributed by atoms with Crippen LogP contribution in [0.4, 0.5) is 0 Å². The number of benzene rings is 3. The minimum atomic E-state index is -0.923. The van der Waals surface area contributed by atoms with Gasteiger partial charge in [0.25, 0.3) is 0 Å². The molecule has 3 rings (SSSR count). The Morgan fingerprint density at radius 1 is 0.923 bits per heavy atom. The van der Waals surface area contributed by atoms with Crippen LogP contribution < -0.4 is 0 Å². The molecule has 1 N–H and O–H groups in total. The Labute approximate surface area is 153 Å². The van der Waals surface area contributed by atoms with Gasteiger partial charge in [0.05, 0.1) is 5.56 Å². The fourth-order valence-electron chi connectivity index (χ4n) is 2.57. The first kappa shape index (κ1) is 17.3. The number of carboxylic acid groups (broad SMARTS) is 1. The van der Waals surface area contributed by atoms with Crippen molar-refractivity contribution in [1.82, 2.24) is 0 Å². The zero-order valence-electron chi connectivity index (χ0n) is 14.4. The van der Waals surface area contributed by atoms with Gasteiger partial charge in [0.1, 0.15) is 0 Å². The molecule has 3 aromatic rings. The molecule has 0 heterocycles. The Kier molecular flexibility index (Phi) is 5.31. The first-order valence-electron chi connectivity index (χ1n) is 8.31. The highest BCUT2D eigenvalue weighted by Gasteiger charge is 2.02. The van der Waals surface area contributed by atoms with Crippen LogP contribution in [0.25, 0.3) is 17.2 Å². The third-order valence-corrected chi connectivity index (χ3v) is 4.01. The Hall–Kier alpha value is -3.57. The minimum Gasteiger partial charge on any atom is -0.478 e. The van der Waals surface area contributed by atoms with Crippen LogP contribution in [-0.4, -0.2) is 11.1 Å². The lowest BCUT2D eigenvalue weighted by Crippen LogP contribution is -1.94. The topological polar surface area (TPSA) is 37.3 Å². The zero-order chi connectivity index (χ0) is 18.4. The largest absolute Gasteiger partial charge is 0.478 e. The van der Waals surface area contributed by atoms with Gasteiger partial charge in [0, 0.05) is 5.56 Å². The molecule has 0 aliphatic heterocycles. The maximum atomic E-state index is 10.9. The van der Waals surface area contributed by atoms with Gasteiger partial charge in [-0.2, -0.15) is 0 Å². The highest BCUT2D eigenvalue weighted by molar-refractivity contribution is 5.87. The summed E-state index contributed by atoms with van der Waals surface area (Å²) in [5.41, 5.74) is 5.65. The van der Waals surface area contributed by atoms with E-state index in [1.165, 1.54) is 5.56 Å². The molecule has 0 unspecified atom stereocenters. The Bertz CT molecular complexity index is 999. The predicted octanol–water partition coefficient (Wildman–Crippen LogP) is 5.43. The van der Waals surface area contributed by atoms with Gasteiger partial charge in [0.2, 0.25) is 0 Å². The smallest absolute Gasteiger partial charge is 0.335 e. The first-order chi connectivity index (χ1) is 12.6. The molecule has 0 radical (unpaired) electrons. The summed E-state index contributed by atoms with van der Waals surface area (Å²) in [5, 5.41) is 8.91. The molecule has 0 aliphatic rings. The molecule has 0 fully saturated rings. The fraction of sp³-hybridized carbons (Fsp3) is 0.0417. The molecule has 0 saturated heterocycles. The molecule has 0 spiro atoms. The molecule has 26 heavy (non-hydrogen) atoms. The SMILES string of the molecule is Cc1ccc(-c2ccccc2C#C/C=C\c2ccc(C(=O)O)cc2)cc1. The van der Waals surface area contributed by atoms with E-state index in [0.717, 1.165) is 22.3 Å². The van der Waals surface area contributed by atoms with E-state index in [-0.39, 0.29) is 5.56 Å². The summed E-state index contributed by atoms with van der Waals surface area (Å²) < 4.78 is 0. The number of hydrogen-bond donors (Lipinski definition) is 1. The van der Waals surface area contributed by atoms with E-state index in [2.05, 4.69) is 49.1 Å². The van der Waals surface area contributed by atoms with Gasteiger partial charge >= 0.3 is 5.97 Å². The molecule has 3 aromatic carbocycles. The summed E-state index contributed by atoms with van der Waals surface area (Å²) in [6.07, 6.45) is 3.65. The summed E-state index contributed by atoms with van der Waals surface area (Å²) in [6.45, 7) is 2.07. The molecule has 0 aromatic heterocycles. The molecule has 0 aliphatic carbocycles. The van der Waals surface area contributed by atoms with Crippen molar-refractivity contribution in [2.75, 3.05) is 0 Å². The van der Waals surface area contributed by atoms with Gasteiger partial charge in [-0.25, -0.2) is 4.79 Å². The van der Waals surface area contributed by atoms with Gasteiger partial charge in [-0.05, 0) is 54.0 Å². The Morgan fingerprint density at radius 3 is 2.31 bits per heavy atom. The average Bonchev–Trinajstić information content (AvgIpc) is 2.67. The third-order valence-electron chi connectivity index (χ3n) is 4.01. The molecule has 126 valence electrons. The number of aromatic carboxylic acids is 1. The fourth-order valence-corrected chi connectivity index (χ4v) is 2.57. The van der Waals surface area contributed by atoms with Crippen LogP contribution >= 0.6 is 0 Å². The number of aryl methyl sites for hydroxylation is 1. The van der Waals surface area contributed by atoms with Crippen molar-refractivity contribution in [2.24, 2.45) is 0 Å². The van der Waals surface area contributed by atoms with Crippen molar-refractivity contribution in [3.8, 4) is 23.0 Å². The van der Waals surface area contributed by atoms with Crippen molar-refractivity contribution in [3.63, 3.8) is 0 Å². The van der Waals surface area contributed by atoms with Crippen LogP contribution in [0, 0.1) is 18.8 Å². The summed E-state index contributed by atoms with van der Waals surface area (Å²) in [7, 11) is 0. The Balaban J connectivity index is 1.80. The molecular weight excluding hydrogens is 320 g/mol. The van der Waals surface area contributed by atoms with E-state index < -0.39 is 5.97 Å². The lowest BCUT2D eigenvalue weighted by Gasteiger charge is -2.05. The van der Waals surface area contributed by atoms with Crippen molar-refractivity contribution < 1.29 is 9.90 Å². The zero-order valence-corrected chi connectivity index (χ0v) is 14.4. The number of allylic oxidation sites excluding steroid dienone is 1. The number of carboxylic acids is 1. The third kappa shape index (κ3) is 4.28. The standard InChI is InChI=1S/C24H18O2/c1-18-10-14-21(15-11-18)23-9-5-4-8-20(23)7-3-2-6-19-12-16-22(17-13-19)24(25)26/h2,4-6,8-17H,1H3,(H,25,26)/b6-2-. The minimum absolute atomic E-state index is 0.278. The molecular formula is C24H18O2. The van der Waals surface area contributed by atoms with Crippen LogP contribution in [0.5, 0.6) is 0 Å². The van der Waals surface area contributed by atoms with Gasteiger partial charge in [-0.1, -0.05) is 72.0 Å². The van der Waals surface area contributed by atoms with Crippen molar-refractivity contribution in [3.05, 3.63) is 101 Å². The summed E-state index contributed by atoms with van der Waals surface area (Å²) >= 11 is 0. The summed E-state index contributed by atoms with van der Waals surface area (Å²) in [4.78, 5) is 10.9. The van der Waals surface area contributed by atoms with E-state index >= 15 is 0 Å². The van der Waals surface area contributed by atoms with Crippen LogP contribution in [-0.2, 0) is 0 Å². The van der Waals surface area contributed by atoms with Crippen LogP contribution in [0.2, 0.25) is 0 Å². The van der Waals surface area contributed by atoms with Gasteiger partial charge < -0.3 is 5.11 Å². The van der Waals surface area contributed by atoms with E-state index in [1.54, 1.807) is 30.3 Å². The maximum Gasteiger partial charge on any atom is 0.335 e. The molecule has 0 amide bonds. The summed E-state index contributed by atoms with van der Waals surface area (Å²) in [5.74, 6) is 5.33. The van der Waals surface area contributed by atoms with Crippen LogP contribution in [0.1, 0.15) is 27.0 Å². The normalized spacial score (nSPS) is 10.3. The number of carbonyl (C=O) groups is 1. The van der Waals surface area contributed by atoms with E-state index in [4.69, 9.17) is 5.11 Å². The quantitative estimate of drug-likeness (QED) is 0.647. The van der Waals surface area contributed by atoms with Gasteiger partial charge in [-0.15, -0.1) is 0 Å².